The number of benzene rings is 3. The van der Waals surface area contributed by atoms with Gasteiger partial charge in [0.25, 0.3) is 0 Å². The Bertz CT molecular complexity index is 852. The SMILES string of the molecule is N=C(N)c1ccc2cc([C@@H]3C[C@H]3c3ccccc3)ccc2c1. The van der Waals surface area contributed by atoms with Gasteiger partial charge < -0.3 is 5.73 Å². The van der Waals surface area contributed by atoms with Crippen molar-refractivity contribution in [1.82, 2.24) is 0 Å². The number of nitrogens with one attached hydrogen (secondary N) is 1. The summed E-state index contributed by atoms with van der Waals surface area (Å²) in [4.78, 5) is 0. The fourth-order valence-electron chi connectivity index (χ4n) is 3.29. The maximum atomic E-state index is 7.53. The summed E-state index contributed by atoms with van der Waals surface area (Å²) in [7, 11) is 0. The molecule has 2 heteroatoms. The van der Waals surface area contributed by atoms with Crippen molar-refractivity contribution in [3.05, 3.63) is 83.4 Å². The molecule has 1 aliphatic carbocycles. The predicted molar refractivity (Wildman–Crippen MR) is 91.5 cm³/mol. The van der Waals surface area contributed by atoms with Crippen molar-refractivity contribution < 1.29 is 0 Å². The lowest BCUT2D eigenvalue weighted by atomic mass is 10.00. The minimum absolute atomic E-state index is 0.123. The highest BCUT2D eigenvalue weighted by atomic mass is 14.7. The van der Waals surface area contributed by atoms with Crippen LogP contribution < -0.4 is 5.73 Å². The average molecular weight is 286 g/mol. The lowest BCUT2D eigenvalue weighted by Gasteiger charge is -2.06. The number of amidine groups is 1. The monoisotopic (exact) mass is 286 g/mol. The second-order valence-corrected chi connectivity index (χ2v) is 6.09. The van der Waals surface area contributed by atoms with Crippen LogP contribution in [0.2, 0.25) is 0 Å². The van der Waals surface area contributed by atoms with Crippen LogP contribution in [0.1, 0.15) is 34.9 Å². The summed E-state index contributed by atoms with van der Waals surface area (Å²) in [5.41, 5.74) is 9.20. The molecule has 3 aromatic carbocycles. The number of nitrogen functional groups attached to an aromatic ring is 1. The molecule has 0 bridgehead atoms. The smallest absolute Gasteiger partial charge is 0.122 e. The van der Waals surface area contributed by atoms with Crippen LogP contribution in [0.25, 0.3) is 10.8 Å². The fourth-order valence-corrected chi connectivity index (χ4v) is 3.29. The van der Waals surface area contributed by atoms with Crippen molar-refractivity contribution in [2.75, 3.05) is 0 Å². The predicted octanol–water partition coefficient (Wildman–Crippen LogP) is 4.39. The summed E-state index contributed by atoms with van der Waals surface area (Å²) in [6.07, 6.45) is 1.24. The summed E-state index contributed by atoms with van der Waals surface area (Å²) in [5, 5.41) is 9.90. The quantitative estimate of drug-likeness (QED) is 0.544. The number of fused-ring (bicyclic) bond motifs is 1. The van der Waals surface area contributed by atoms with Crippen molar-refractivity contribution in [2.45, 2.75) is 18.3 Å². The molecule has 108 valence electrons. The summed E-state index contributed by atoms with van der Waals surface area (Å²) >= 11 is 0. The van der Waals surface area contributed by atoms with Crippen LogP contribution in [0, 0.1) is 5.41 Å². The molecule has 0 radical (unpaired) electrons. The third kappa shape index (κ3) is 2.27. The number of hydrogen-bond acceptors (Lipinski definition) is 1. The summed E-state index contributed by atoms with van der Waals surface area (Å²) in [6.45, 7) is 0. The topological polar surface area (TPSA) is 49.9 Å². The highest BCUT2D eigenvalue weighted by Crippen LogP contribution is 2.54. The zero-order chi connectivity index (χ0) is 15.1. The third-order valence-corrected chi connectivity index (χ3v) is 4.62. The van der Waals surface area contributed by atoms with Crippen LogP contribution in [0.3, 0.4) is 0 Å². The van der Waals surface area contributed by atoms with Crippen molar-refractivity contribution in [2.24, 2.45) is 5.73 Å². The van der Waals surface area contributed by atoms with Gasteiger partial charge in [-0.25, -0.2) is 0 Å². The molecule has 0 saturated heterocycles. The lowest BCUT2D eigenvalue weighted by Crippen LogP contribution is -2.10. The molecule has 3 aromatic rings. The van der Waals surface area contributed by atoms with Crippen molar-refractivity contribution in [3.63, 3.8) is 0 Å². The second kappa shape index (κ2) is 4.99. The van der Waals surface area contributed by atoms with Crippen LogP contribution in [0.15, 0.2) is 66.7 Å². The molecule has 4 rings (SSSR count). The van der Waals surface area contributed by atoms with Crippen LogP contribution in [0.4, 0.5) is 0 Å². The van der Waals surface area contributed by atoms with Gasteiger partial charge in [-0.15, -0.1) is 0 Å². The summed E-state index contributed by atoms with van der Waals surface area (Å²) < 4.78 is 0. The molecule has 0 spiro atoms. The number of nitrogens with two attached hydrogens (primary N) is 1. The van der Waals surface area contributed by atoms with Gasteiger partial charge >= 0.3 is 0 Å². The zero-order valence-electron chi connectivity index (χ0n) is 12.3. The first-order chi connectivity index (χ1) is 10.7. The largest absolute Gasteiger partial charge is 0.384 e. The minimum atomic E-state index is 0.123. The molecule has 22 heavy (non-hydrogen) atoms. The van der Waals surface area contributed by atoms with E-state index in [1.54, 1.807) is 0 Å². The maximum absolute atomic E-state index is 7.53. The Morgan fingerprint density at radius 1 is 0.818 bits per heavy atom. The summed E-state index contributed by atoms with van der Waals surface area (Å²) in [6, 6.07) is 23.4. The van der Waals surface area contributed by atoms with Gasteiger partial charge in [-0.2, -0.15) is 0 Å². The molecule has 2 nitrogen and oxygen atoms in total. The highest BCUT2D eigenvalue weighted by Gasteiger charge is 2.39. The van der Waals surface area contributed by atoms with Gasteiger partial charge in [0, 0.05) is 5.56 Å². The molecule has 1 fully saturated rings. The first-order valence-corrected chi connectivity index (χ1v) is 7.65. The van der Waals surface area contributed by atoms with Gasteiger partial charge in [0.15, 0.2) is 0 Å². The maximum Gasteiger partial charge on any atom is 0.122 e. The molecular weight excluding hydrogens is 268 g/mol. The molecule has 1 saturated carbocycles. The standard InChI is InChI=1S/C20H18N2/c21-20(22)17-9-7-14-10-16(8-6-15(14)11-17)19-12-18(19)13-4-2-1-3-5-13/h1-11,18-19H,12H2,(H3,21,22)/t18-,19-/m0/s1. The molecular formula is C20H18N2. The average Bonchev–Trinajstić information content (AvgIpc) is 3.35. The highest BCUT2D eigenvalue weighted by molar-refractivity contribution is 5.99. The molecule has 3 N–H and O–H groups in total. The Balaban J connectivity index is 1.64. The van der Waals surface area contributed by atoms with Crippen LogP contribution in [-0.4, -0.2) is 5.84 Å². The van der Waals surface area contributed by atoms with Crippen LogP contribution in [-0.2, 0) is 0 Å². The number of hydrogen-bond donors (Lipinski definition) is 2. The van der Waals surface area contributed by atoms with Gasteiger partial charge in [0.1, 0.15) is 5.84 Å². The number of rotatable bonds is 3. The first-order valence-electron chi connectivity index (χ1n) is 7.65. The van der Waals surface area contributed by atoms with E-state index in [0.29, 0.717) is 11.8 Å². The van der Waals surface area contributed by atoms with E-state index in [1.807, 2.05) is 12.1 Å². The molecule has 0 heterocycles. The Hall–Kier alpha value is -2.61. The normalized spacial score (nSPS) is 20.0. The molecule has 2 atom stereocenters. The molecule has 0 aromatic heterocycles. The minimum Gasteiger partial charge on any atom is -0.384 e. The van der Waals surface area contributed by atoms with Crippen molar-refractivity contribution in [3.8, 4) is 0 Å². The molecule has 0 amide bonds. The van der Waals surface area contributed by atoms with E-state index >= 15 is 0 Å². The Labute approximate surface area is 130 Å². The Morgan fingerprint density at radius 2 is 1.50 bits per heavy atom. The third-order valence-electron chi connectivity index (χ3n) is 4.62. The van der Waals surface area contributed by atoms with Gasteiger partial charge in [-0.1, -0.05) is 60.7 Å². The van der Waals surface area contributed by atoms with E-state index in [2.05, 4.69) is 54.6 Å². The lowest BCUT2D eigenvalue weighted by molar-refractivity contribution is 1.03. The van der Waals surface area contributed by atoms with Gasteiger partial charge in [0.2, 0.25) is 0 Å². The van der Waals surface area contributed by atoms with Crippen LogP contribution in [0.5, 0.6) is 0 Å². The molecule has 0 unspecified atom stereocenters. The van der Waals surface area contributed by atoms with Crippen molar-refractivity contribution in [1.29, 1.82) is 5.41 Å². The van der Waals surface area contributed by atoms with Gasteiger partial charge in [0.05, 0.1) is 0 Å². The fraction of sp³-hybridized carbons (Fsp3) is 0.150. The zero-order valence-corrected chi connectivity index (χ0v) is 12.3. The van der Waals surface area contributed by atoms with Crippen molar-refractivity contribution >= 4 is 16.6 Å². The molecule has 1 aliphatic rings. The first kappa shape index (κ1) is 13.1. The van der Waals surface area contributed by atoms with E-state index in [0.717, 1.165) is 10.9 Å². The van der Waals surface area contributed by atoms with Crippen LogP contribution >= 0.6 is 0 Å². The Morgan fingerprint density at radius 3 is 2.27 bits per heavy atom. The molecule has 0 aliphatic heterocycles. The van der Waals surface area contributed by atoms with Gasteiger partial charge in [-0.05, 0) is 46.2 Å². The van der Waals surface area contributed by atoms with Gasteiger partial charge in [-0.3, -0.25) is 5.41 Å². The Kier molecular flexibility index (Phi) is 2.97. The second-order valence-electron chi connectivity index (χ2n) is 6.09. The van der Waals surface area contributed by atoms with E-state index in [-0.39, 0.29) is 5.84 Å². The van der Waals surface area contributed by atoms with E-state index in [1.165, 1.54) is 22.9 Å². The van der Waals surface area contributed by atoms with E-state index in [9.17, 15) is 0 Å². The van der Waals surface area contributed by atoms with E-state index in [4.69, 9.17) is 11.1 Å². The summed E-state index contributed by atoms with van der Waals surface area (Å²) in [5.74, 6) is 1.42. The van der Waals surface area contributed by atoms with E-state index < -0.39 is 0 Å².